The zero-order valence-corrected chi connectivity index (χ0v) is 12.2. The lowest BCUT2D eigenvalue weighted by Crippen LogP contribution is -2.28. The summed E-state index contributed by atoms with van der Waals surface area (Å²) in [5.41, 5.74) is 2.17. The number of aliphatic hydroxyl groups is 1. The molecule has 4 nitrogen and oxygen atoms in total. The molecule has 1 atom stereocenters. The quantitative estimate of drug-likeness (QED) is 0.768. The first-order valence-electron chi connectivity index (χ1n) is 7.04. The van der Waals surface area contributed by atoms with Gasteiger partial charge >= 0.3 is 0 Å². The Morgan fingerprint density at radius 3 is 2.56 bits per heavy atom. The molecule has 1 unspecified atom stereocenters. The third kappa shape index (κ3) is 4.42. The minimum absolute atomic E-state index is 0.271. The van der Waals surface area contributed by atoms with E-state index in [1.807, 2.05) is 11.6 Å². The zero-order chi connectivity index (χ0) is 13.5. The summed E-state index contributed by atoms with van der Waals surface area (Å²) in [6.07, 6.45) is 1.26. The lowest BCUT2D eigenvalue weighted by molar-refractivity contribution is 0.141. The third-order valence-corrected chi connectivity index (χ3v) is 3.40. The molecular weight excluding hydrogens is 226 g/mol. The van der Waals surface area contributed by atoms with Crippen molar-refractivity contribution >= 4 is 0 Å². The summed E-state index contributed by atoms with van der Waals surface area (Å²) in [6, 6.07) is 2.07. The fourth-order valence-corrected chi connectivity index (χ4v) is 2.25. The van der Waals surface area contributed by atoms with Gasteiger partial charge in [-0.05, 0) is 39.4 Å². The lowest BCUT2D eigenvalue weighted by Gasteiger charge is -2.20. The summed E-state index contributed by atoms with van der Waals surface area (Å²) >= 11 is 0. The number of nitrogens with zero attached hydrogens (tertiary/aromatic N) is 3. The number of aromatic nitrogens is 2. The van der Waals surface area contributed by atoms with Crippen LogP contribution in [0.5, 0.6) is 0 Å². The van der Waals surface area contributed by atoms with Gasteiger partial charge in [-0.2, -0.15) is 5.10 Å². The van der Waals surface area contributed by atoms with Crippen LogP contribution in [0.15, 0.2) is 6.07 Å². The van der Waals surface area contributed by atoms with Crippen LogP contribution in [0.3, 0.4) is 0 Å². The maximum Gasteiger partial charge on any atom is 0.0607 e. The second-order valence-electron chi connectivity index (χ2n) is 4.77. The number of hydrogen-bond donors (Lipinski definition) is 1. The molecule has 1 N–H and O–H groups in total. The van der Waals surface area contributed by atoms with Crippen molar-refractivity contribution in [1.29, 1.82) is 0 Å². The van der Waals surface area contributed by atoms with Crippen LogP contribution in [0, 0.1) is 6.92 Å². The van der Waals surface area contributed by atoms with Crippen molar-refractivity contribution in [2.24, 2.45) is 0 Å². The van der Waals surface area contributed by atoms with Crippen molar-refractivity contribution < 1.29 is 5.11 Å². The predicted octanol–water partition coefficient (Wildman–Crippen LogP) is 1.85. The standard InChI is InChI=1S/C14H27N3O/c1-5-16(6-2)9-8-14(18)11-13-10-12(4)15-17(13)7-3/h10,14,18H,5-9,11H2,1-4H3. The van der Waals surface area contributed by atoms with Gasteiger partial charge in [-0.3, -0.25) is 4.68 Å². The maximum atomic E-state index is 10.1. The van der Waals surface area contributed by atoms with Gasteiger partial charge in [-0.15, -0.1) is 0 Å². The molecule has 104 valence electrons. The second kappa shape index (κ2) is 7.54. The van der Waals surface area contributed by atoms with Crippen molar-refractivity contribution in [1.82, 2.24) is 14.7 Å². The average molecular weight is 253 g/mol. The summed E-state index contributed by atoms with van der Waals surface area (Å²) in [4.78, 5) is 2.34. The fraction of sp³-hybridized carbons (Fsp3) is 0.786. The Kier molecular flexibility index (Phi) is 6.36. The Bertz CT molecular complexity index is 345. The van der Waals surface area contributed by atoms with Crippen LogP contribution in [0.25, 0.3) is 0 Å². The molecular formula is C14H27N3O. The third-order valence-electron chi connectivity index (χ3n) is 3.40. The Labute approximate surface area is 111 Å². The van der Waals surface area contributed by atoms with Gasteiger partial charge in [0, 0.05) is 25.2 Å². The van der Waals surface area contributed by atoms with Crippen molar-refractivity contribution in [3.05, 3.63) is 17.5 Å². The van der Waals surface area contributed by atoms with E-state index in [2.05, 4.69) is 36.8 Å². The SMILES string of the molecule is CCN(CC)CCC(O)Cc1cc(C)nn1CC. The molecule has 18 heavy (non-hydrogen) atoms. The molecule has 0 amide bonds. The topological polar surface area (TPSA) is 41.3 Å². The molecule has 0 bridgehead atoms. The zero-order valence-electron chi connectivity index (χ0n) is 12.2. The minimum Gasteiger partial charge on any atom is -0.393 e. The number of rotatable bonds is 8. The summed E-state index contributed by atoms with van der Waals surface area (Å²) in [6.45, 7) is 12.3. The summed E-state index contributed by atoms with van der Waals surface area (Å²) in [5.74, 6) is 0. The molecule has 1 aromatic rings. The van der Waals surface area contributed by atoms with Crippen LogP contribution in [-0.4, -0.2) is 45.5 Å². The number of aryl methyl sites for hydroxylation is 2. The first-order valence-corrected chi connectivity index (χ1v) is 7.04. The number of aliphatic hydroxyl groups excluding tert-OH is 1. The molecule has 0 radical (unpaired) electrons. The van der Waals surface area contributed by atoms with Crippen LogP contribution >= 0.6 is 0 Å². The van der Waals surface area contributed by atoms with Gasteiger partial charge in [0.25, 0.3) is 0 Å². The van der Waals surface area contributed by atoms with E-state index in [0.29, 0.717) is 6.42 Å². The van der Waals surface area contributed by atoms with Gasteiger partial charge in [0.05, 0.1) is 11.8 Å². The van der Waals surface area contributed by atoms with Gasteiger partial charge < -0.3 is 10.0 Å². The lowest BCUT2D eigenvalue weighted by atomic mass is 10.1. The number of hydrogen-bond acceptors (Lipinski definition) is 3. The van der Waals surface area contributed by atoms with Gasteiger partial charge in [0.15, 0.2) is 0 Å². The molecule has 0 aliphatic heterocycles. The largest absolute Gasteiger partial charge is 0.393 e. The van der Waals surface area contributed by atoms with Crippen molar-refractivity contribution in [3.63, 3.8) is 0 Å². The average Bonchev–Trinajstić information content (AvgIpc) is 2.70. The van der Waals surface area contributed by atoms with Crippen molar-refractivity contribution in [3.8, 4) is 0 Å². The Morgan fingerprint density at radius 1 is 1.33 bits per heavy atom. The van der Waals surface area contributed by atoms with Crippen LogP contribution in [-0.2, 0) is 13.0 Å². The van der Waals surface area contributed by atoms with Gasteiger partial charge in [0.2, 0.25) is 0 Å². The first-order chi connectivity index (χ1) is 8.60. The molecule has 1 aromatic heterocycles. The summed E-state index contributed by atoms with van der Waals surface area (Å²) < 4.78 is 1.98. The molecule has 0 saturated heterocycles. The van der Waals surface area contributed by atoms with E-state index in [4.69, 9.17) is 0 Å². The van der Waals surface area contributed by atoms with Gasteiger partial charge in [-0.25, -0.2) is 0 Å². The monoisotopic (exact) mass is 253 g/mol. The van der Waals surface area contributed by atoms with Crippen molar-refractivity contribution in [2.45, 2.75) is 53.2 Å². The Balaban J connectivity index is 2.46. The molecule has 1 rings (SSSR count). The highest BCUT2D eigenvalue weighted by Crippen LogP contribution is 2.09. The van der Waals surface area contributed by atoms with E-state index in [0.717, 1.165) is 44.0 Å². The smallest absolute Gasteiger partial charge is 0.0607 e. The molecule has 0 aliphatic carbocycles. The predicted molar refractivity (Wildman–Crippen MR) is 74.8 cm³/mol. The van der Waals surface area contributed by atoms with E-state index in [-0.39, 0.29) is 6.10 Å². The van der Waals surface area contributed by atoms with E-state index >= 15 is 0 Å². The molecule has 4 heteroatoms. The van der Waals surface area contributed by atoms with Crippen LogP contribution in [0.2, 0.25) is 0 Å². The molecule has 0 aliphatic rings. The van der Waals surface area contributed by atoms with Gasteiger partial charge in [0.1, 0.15) is 0 Å². The fourth-order valence-electron chi connectivity index (χ4n) is 2.25. The highest BCUT2D eigenvalue weighted by atomic mass is 16.3. The second-order valence-corrected chi connectivity index (χ2v) is 4.77. The Morgan fingerprint density at radius 2 is 2.00 bits per heavy atom. The normalized spacial score (nSPS) is 13.2. The van der Waals surface area contributed by atoms with Crippen LogP contribution < -0.4 is 0 Å². The van der Waals surface area contributed by atoms with E-state index in [1.165, 1.54) is 0 Å². The summed E-state index contributed by atoms with van der Waals surface area (Å²) in [7, 11) is 0. The molecule has 0 aromatic carbocycles. The van der Waals surface area contributed by atoms with Crippen LogP contribution in [0.1, 0.15) is 38.6 Å². The van der Waals surface area contributed by atoms with E-state index < -0.39 is 0 Å². The first kappa shape index (κ1) is 15.2. The van der Waals surface area contributed by atoms with Crippen LogP contribution in [0.4, 0.5) is 0 Å². The molecule has 0 saturated carbocycles. The molecule has 1 heterocycles. The van der Waals surface area contributed by atoms with E-state index in [1.54, 1.807) is 0 Å². The summed E-state index contributed by atoms with van der Waals surface area (Å²) in [5, 5.41) is 14.5. The minimum atomic E-state index is -0.271. The highest BCUT2D eigenvalue weighted by Gasteiger charge is 2.11. The van der Waals surface area contributed by atoms with E-state index in [9.17, 15) is 5.11 Å². The molecule has 0 spiro atoms. The maximum absolute atomic E-state index is 10.1. The molecule has 0 fully saturated rings. The Hall–Kier alpha value is -0.870. The highest BCUT2D eigenvalue weighted by molar-refractivity contribution is 5.09. The van der Waals surface area contributed by atoms with Gasteiger partial charge in [-0.1, -0.05) is 13.8 Å². The van der Waals surface area contributed by atoms with Crippen molar-refractivity contribution in [2.75, 3.05) is 19.6 Å².